The summed E-state index contributed by atoms with van der Waals surface area (Å²) in [6.07, 6.45) is 0. The second-order valence-corrected chi connectivity index (χ2v) is 1.28. The quantitative estimate of drug-likeness (QED) is 0.341. The van der Waals surface area contributed by atoms with E-state index in [1.807, 2.05) is 0 Å². The topological polar surface area (TPSA) is 59.4 Å². The second kappa shape index (κ2) is 4.14. The molecule has 0 aromatic carbocycles. The molecule has 0 fully saturated rings. The summed E-state index contributed by atoms with van der Waals surface area (Å²) in [4.78, 5) is 10.3. The molecule has 0 rings (SSSR count). The van der Waals surface area contributed by atoms with E-state index >= 15 is 0 Å². The van der Waals surface area contributed by atoms with Crippen molar-refractivity contribution in [1.29, 1.82) is 5.41 Å². The fraction of sp³-hybridized carbons (Fsp3) is 0.500. The molecule has 0 heterocycles. The molecule has 0 atom stereocenters. The Kier molecular flexibility index (Phi) is 3.79. The largest absolute Gasteiger partial charge is 0.459 e. The molecule has 9 heavy (non-hydrogen) atoms. The Morgan fingerprint density at radius 3 is 2.67 bits per heavy atom. The Labute approximate surface area is 57.4 Å². The van der Waals surface area contributed by atoms with Gasteiger partial charge in [0.15, 0.2) is 0 Å². The minimum Gasteiger partial charge on any atom is -0.459 e. The van der Waals surface area contributed by atoms with Crippen molar-refractivity contribution in [2.24, 2.45) is 0 Å². The maximum absolute atomic E-state index is 10.3. The van der Waals surface area contributed by atoms with Crippen LogP contribution in [0.25, 0.3) is 0 Å². The third-order valence-electron chi connectivity index (χ3n) is 0.538. The van der Waals surface area contributed by atoms with E-state index in [1.54, 1.807) is 6.92 Å². The van der Waals surface area contributed by atoms with E-state index in [4.69, 9.17) is 5.41 Å². The lowest BCUT2D eigenvalue weighted by molar-refractivity contribution is -0.136. The van der Waals surface area contributed by atoms with Gasteiger partial charge in [-0.25, -0.2) is 4.79 Å². The number of hydrogen-bond donors (Lipinski definition) is 1. The number of esters is 1. The van der Waals surface area contributed by atoms with Crippen LogP contribution in [0.4, 0.5) is 0 Å². The van der Waals surface area contributed by atoms with Crippen LogP contribution in [0.1, 0.15) is 6.92 Å². The molecule has 0 unspecified atom stereocenters. The summed E-state index contributed by atoms with van der Waals surface area (Å²) in [6, 6.07) is 0. The normalized spacial score (nSPS) is 8.22. The van der Waals surface area contributed by atoms with Gasteiger partial charge in [-0.3, -0.25) is 5.41 Å². The van der Waals surface area contributed by atoms with E-state index in [0.29, 0.717) is 0 Å². The Bertz CT molecular complexity index is 125. The fourth-order valence-electron chi connectivity index (χ4n) is 0.228. The summed E-state index contributed by atoms with van der Waals surface area (Å²) in [6.45, 7) is 1.83. The zero-order valence-corrected chi connectivity index (χ0v) is 5.57. The van der Waals surface area contributed by atoms with E-state index in [0.717, 1.165) is 0 Å². The monoisotopic (exact) mass is 151 g/mol. The van der Waals surface area contributed by atoms with E-state index in [2.05, 4.69) is 20.9 Å². The molecular weight excluding hydrogens is 146 g/mol. The van der Waals surface area contributed by atoms with Gasteiger partial charge in [-0.15, -0.1) is 0 Å². The number of hydrogen-bond acceptors (Lipinski definition) is 4. The summed E-state index contributed by atoms with van der Waals surface area (Å²) in [5, 5.41) is 6.62. The van der Waals surface area contributed by atoms with Crippen molar-refractivity contribution in [3.05, 3.63) is 0 Å². The molecule has 0 saturated carbocycles. The Balaban J connectivity index is 3.60. The smallest absolute Gasteiger partial charge is 0.395 e. The van der Waals surface area contributed by atoms with Crippen LogP contribution in [0, 0.1) is 5.41 Å². The van der Waals surface area contributed by atoms with Crippen molar-refractivity contribution in [3.63, 3.8) is 0 Å². The molecule has 0 aliphatic rings. The van der Waals surface area contributed by atoms with Crippen LogP contribution in [0.2, 0.25) is 0 Å². The first-order chi connectivity index (χ1) is 4.22. The first-order valence-electron chi connectivity index (χ1n) is 2.26. The molecule has 0 aliphatic carbocycles. The lowest BCUT2D eigenvalue weighted by Crippen LogP contribution is -2.15. The van der Waals surface area contributed by atoms with E-state index in [-0.39, 0.29) is 6.61 Å². The van der Waals surface area contributed by atoms with Crippen molar-refractivity contribution in [3.8, 4) is 0 Å². The van der Waals surface area contributed by atoms with E-state index in [1.165, 1.54) is 0 Å². The van der Waals surface area contributed by atoms with Gasteiger partial charge in [-0.2, -0.15) is 0 Å². The molecular formula is C4H6ClNO3. The number of nitrogens with one attached hydrogen (secondary N) is 1. The highest BCUT2D eigenvalue weighted by atomic mass is 35.5. The molecule has 0 aromatic rings. The van der Waals surface area contributed by atoms with Crippen molar-refractivity contribution in [1.82, 2.24) is 0 Å². The number of halogens is 1. The van der Waals surface area contributed by atoms with Crippen LogP contribution in [0.15, 0.2) is 0 Å². The van der Waals surface area contributed by atoms with Gasteiger partial charge in [0.1, 0.15) is 11.9 Å². The molecule has 52 valence electrons. The van der Waals surface area contributed by atoms with Crippen LogP contribution in [0.3, 0.4) is 0 Å². The van der Waals surface area contributed by atoms with Gasteiger partial charge >= 0.3 is 11.9 Å². The van der Waals surface area contributed by atoms with E-state index < -0.39 is 11.9 Å². The Morgan fingerprint density at radius 1 is 1.78 bits per heavy atom. The number of rotatable bonds is 1. The van der Waals surface area contributed by atoms with Crippen LogP contribution in [-0.4, -0.2) is 18.5 Å². The van der Waals surface area contributed by atoms with Gasteiger partial charge in [0.25, 0.3) is 0 Å². The van der Waals surface area contributed by atoms with Crippen molar-refractivity contribution in [2.45, 2.75) is 6.92 Å². The van der Waals surface area contributed by atoms with Gasteiger partial charge in [0.2, 0.25) is 0 Å². The summed E-state index contributed by atoms with van der Waals surface area (Å²) >= 11 is 4.66. The highest BCUT2D eigenvalue weighted by Crippen LogP contribution is 1.86. The highest BCUT2D eigenvalue weighted by Gasteiger charge is 2.09. The van der Waals surface area contributed by atoms with Crippen LogP contribution in [0.5, 0.6) is 0 Å². The van der Waals surface area contributed by atoms with Gasteiger partial charge in [-0.05, 0) is 6.92 Å². The number of carbonyl (C=O) groups excluding carboxylic acids is 1. The lowest BCUT2D eigenvalue weighted by Gasteiger charge is -1.97. The summed E-state index contributed by atoms with van der Waals surface area (Å²) in [5.74, 6) is -1.55. The molecule has 1 N–H and O–H groups in total. The van der Waals surface area contributed by atoms with Gasteiger partial charge in [0.05, 0.1) is 6.61 Å². The maximum Gasteiger partial charge on any atom is 0.395 e. The van der Waals surface area contributed by atoms with Crippen molar-refractivity contribution >= 4 is 23.7 Å². The first kappa shape index (κ1) is 8.23. The number of ether oxygens (including phenoxy) is 1. The Morgan fingerprint density at radius 2 is 2.33 bits per heavy atom. The SMILES string of the molecule is CCOC(=O)C(=N)OCl. The predicted molar refractivity (Wildman–Crippen MR) is 31.3 cm³/mol. The standard InChI is InChI=1S/C4H6ClNO3/c1-2-8-4(7)3(6)9-5/h6H,2H2,1H3. The molecule has 0 bridgehead atoms. The van der Waals surface area contributed by atoms with Gasteiger partial charge in [0, 0.05) is 0 Å². The zero-order valence-electron chi connectivity index (χ0n) is 4.81. The summed E-state index contributed by atoms with van der Waals surface area (Å²) < 4.78 is 8.07. The zero-order chi connectivity index (χ0) is 7.28. The second-order valence-electron chi connectivity index (χ2n) is 1.13. The molecule has 0 radical (unpaired) electrons. The van der Waals surface area contributed by atoms with Crippen molar-refractivity contribution < 1.29 is 13.8 Å². The average Bonchev–Trinajstić information content (AvgIpc) is 1.87. The number of carbonyl (C=O) groups is 1. The Hall–Kier alpha value is -0.770. The highest BCUT2D eigenvalue weighted by molar-refractivity contribution is 6.36. The third kappa shape index (κ3) is 2.92. The summed E-state index contributed by atoms with van der Waals surface area (Å²) in [7, 11) is 0. The molecule has 5 heteroatoms. The third-order valence-corrected chi connectivity index (χ3v) is 0.692. The predicted octanol–water partition coefficient (Wildman–Crippen LogP) is 0.697. The molecule has 0 aliphatic heterocycles. The van der Waals surface area contributed by atoms with Gasteiger partial charge in [-0.1, -0.05) is 0 Å². The van der Waals surface area contributed by atoms with E-state index in [9.17, 15) is 4.79 Å². The maximum atomic E-state index is 10.3. The van der Waals surface area contributed by atoms with Gasteiger partial charge < -0.3 is 9.03 Å². The lowest BCUT2D eigenvalue weighted by atomic mass is 10.7. The molecule has 4 nitrogen and oxygen atoms in total. The van der Waals surface area contributed by atoms with Crippen LogP contribution >= 0.6 is 11.9 Å². The minimum absolute atomic E-state index is 0.210. The van der Waals surface area contributed by atoms with Crippen LogP contribution < -0.4 is 0 Å². The summed E-state index contributed by atoms with van der Waals surface area (Å²) in [5.41, 5.74) is 0. The van der Waals surface area contributed by atoms with Crippen molar-refractivity contribution in [2.75, 3.05) is 6.61 Å². The molecule has 0 spiro atoms. The minimum atomic E-state index is -0.854. The van der Waals surface area contributed by atoms with Crippen LogP contribution in [-0.2, 0) is 13.8 Å². The fourth-order valence-corrected chi connectivity index (χ4v) is 0.291. The molecule has 0 saturated heterocycles. The molecule has 0 aromatic heterocycles. The first-order valence-corrected chi connectivity index (χ1v) is 2.57. The average molecular weight is 152 g/mol. The molecule has 0 amide bonds.